The Morgan fingerprint density at radius 1 is 1.41 bits per heavy atom. The maximum atomic E-state index is 8.49. The molecule has 22 heavy (non-hydrogen) atoms. The molecule has 2 aliphatic rings. The first-order valence-electron chi connectivity index (χ1n) is 7.92. The lowest BCUT2D eigenvalue weighted by Crippen LogP contribution is -2.56. The van der Waals surface area contributed by atoms with Gasteiger partial charge in [-0.1, -0.05) is 19.8 Å². The third-order valence-electron chi connectivity index (χ3n) is 4.62. The van der Waals surface area contributed by atoms with Gasteiger partial charge in [0.05, 0.1) is 18.6 Å². The van der Waals surface area contributed by atoms with Crippen LogP contribution in [0.3, 0.4) is 0 Å². The van der Waals surface area contributed by atoms with Gasteiger partial charge in [-0.05, 0) is 19.3 Å². The van der Waals surface area contributed by atoms with Crippen LogP contribution in [0.15, 0.2) is 6.20 Å². The van der Waals surface area contributed by atoms with Crippen molar-refractivity contribution in [2.45, 2.75) is 51.1 Å². The molecule has 2 heterocycles. The Bertz CT molecular complexity index is 579. The average molecular weight is 301 g/mol. The highest BCUT2D eigenvalue weighted by Crippen LogP contribution is 2.39. The molecule has 1 atom stereocenters. The van der Waals surface area contributed by atoms with Crippen LogP contribution in [0.25, 0.3) is 0 Å². The van der Waals surface area contributed by atoms with Crippen LogP contribution in [0.2, 0.25) is 0 Å². The van der Waals surface area contributed by atoms with Crippen LogP contribution in [0, 0.1) is 10.8 Å². The fourth-order valence-electron chi connectivity index (χ4n) is 3.56. The van der Waals surface area contributed by atoms with E-state index in [0.29, 0.717) is 17.8 Å². The highest BCUT2D eigenvalue weighted by molar-refractivity contribution is 6.16. The number of aromatic nitrogens is 2. The van der Waals surface area contributed by atoms with Crippen molar-refractivity contribution in [3.63, 3.8) is 0 Å². The molecule has 1 aromatic heterocycles. The van der Waals surface area contributed by atoms with E-state index >= 15 is 0 Å². The Morgan fingerprint density at radius 3 is 2.73 bits per heavy atom. The summed E-state index contributed by atoms with van der Waals surface area (Å²) in [6.07, 6.45) is 8.49. The zero-order valence-corrected chi connectivity index (χ0v) is 13.1. The van der Waals surface area contributed by atoms with Crippen molar-refractivity contribution < 1.29 is 0 Å². The van der Waals surface area contributed by atoms with E-state index in [1.165, 1.54) is 19.2 Å². The molecule has 118 valence electrons. The Hall–Kier alpha value is -2.18. The van der Waals surface area contributed by atoms with Gasteiger partial charge < -0.3 is 10.2 Å². The van der Waals surface area contributed by atoms with E-state index in [9.17, 15) is 0 Å². The molecule has 0 amide bonds. The van der Waals surface area contributed by atoms with Gasteiger partial charge in [-0.2, -0.15) is 4.98 Å². The predicted octanol–water partition coefficient (Wildman–Crippen LogP) is 2.45. The van der Waals surface area contributed by atoms with E-state index in [2.05, 4.69) is 27.1 Å². The van der Waals surface area contributed by atoms with Crippen molar-refractivity contribution in [1.29, 1.82) is 10.8 Å². The molecule has 0 saturated heterocycles. The molecule has 1 unspecified atom stereocenters. The summed E-state index contributed by atoms with van der Waals surface area (Å²) < 4.78 is 0. The zero-order valence-electron chi connectivity index (χ0n) is 13.1. The van der Waals surface area contributed by atoms with Gasteiger partial charge in [0, 0.05) is 13.1 Å². The topological polar surface area (TPSA) is 92.0 Å². The first-order chi connectivity index (χ1) is 10.7. The summed E-state index contributed by atoms with van der Waals surface area (Å²) >= 11 is 0. The van der Waals surface area contributed by atoms with Gasteiger partial charge in [-0.25, -0.2) is 4.98 Å². The van der Waals surface area contributed by atoms with Gasteiger partial charge in [-0.15, -0.1) is 0 Å². The van der Waals surface area contributed by atoms with E-state index < -0.39 is 0 Å². The number of amidine groups is 1. The molecule has 0 bridgehead atoms. The van der Waals surface area contributed by atoms with Crippen LogP contribution in [-0.4, -0.2) is 41.3 Å². The Kier molecular flexibility index (Phi) is 3.96. The van der Waals surface area contributed by atoms with E-state index in [-0.39, 0.29) is 6.04 Å². The number of nitrogens with zero attached hydrogens (tertiary/aromatic N) is 4. The molecule has 1 aromatic rings. The minimum absolute atomic E-state index is 0.0307. The summed E-state index contributed by atoms with van der Waals surface area (Å²) in [5, 5.41) is 19.1. The van der Waals surface area contributed by atoms with Crippen LogP contribution >= 0.6 is 0 Å². The van der Waals surface area contributed by atoms with Crippen LogP contribution in [0.5, 0.6) is 0 Å². The van der Waals surface area contributed by atoms with Crippen molar-refractivity contribution in [3.05, 3.63) is 6.20 Å². The number of nitrogens with one attached hydrogen (secondary N) is 3. The molecule has 3 N–H and O–H groups in total. The smallest absolute Gasteiger partial charge is 0.224 e. The maximum Gasteiger partial charge on any atom is 0.224 e. The Morgan fingerprint density at radius 2 is 2.14 bits per heavy atom. The molecule has 7 nitrogen and oxygen atoms in total. The average Bonchev–Trinajstić information content (AvgIpc) is 3.07. The largest absolute Gasteiger partial charge is 0.357 e. The first-order valence-corrected chi connectivity index (χ1v) is 7.92. The van der Waals surface area contributed by atoms with E-state index in [1.807, 2.05) is 0 Å². The summed E-state index contributed by atoms with van der Waals surface area (Å²) in [5.41, 5.74) is 0.732. The highest BCUT2D eigenvalue weighted by atomic mass is 15.4. The normalized spacial score (nSPS) is 21.9. The van der Waals surface area contributed by atoms with Crippen LogP contribution in [0.4, 0.5) is 17.5 Å². The Balaban J connectivity index is 2.13. The second-order valence-electron chi connectivity index (χ2n) is 5.81. The molecule has 1 aliphatic heterocycles. The third kappa shape index (κ3) is 2.20. The maximum absolute atomic E-state index is 8.49. The number of anilines is 3. The molecule has 1 saturated carbocycles. The van der Waals surface area contributed by atoms with Gasteiger partial charge in [0.2, 0.25) is 5.95 Å². The van der Waals surface area contributed by atoms with Gasteiger partial charge in [0.1, 0.15) is 11.5 Å². The Labute approximate surface area is 130 Å². The quantitative estimate of drug-likeness (QED) is 0.587. The van der Waals surface area contributed by atoms with Crippen molar-refractivity contribution in [1.82, 2.24) is 9.97 Å². The number of hydrogen-bond donors (Lipinski definition) is 3. The number of hydrogen-bond acceptors (Lipinski definition) is 6. The fourth-order valence-corrected chi connectivity index (χ4v) is 3.56. The lowest BCUT2D eigenvalue weighted by atomic mass is 10.0. The second-order valence-corrected chi connectivity index (χ2v) is 5.81. The van der Waals surface area contributed by atoms with Crippen LogP contribution < -0.4 is 15.1 Å². The lowest BCUT2D eigenvalue weighted by molar-refractivity contribution is 0.548. The molecule has 1 fully saturated rings. The van der Waals surface area contributed by atoms with Crippen molar-refractivity contribution >= 4 is 29.6 Å². The first kappa shape index (κ1) is 14.7. The molecule has 0 radical (unpaired) electrons. The minimum atomic E-state index is -0.0307. The van der Waals surface area contributed by atoms with Crippen LogP contribution in [-0.2, 0) is 0 Å². The lowest BCUT2D eigenvalue weighted by Gasteiger charge is -2.44. The van der Waals surface area contributed by atoms with Crippen molar-refractivity contribution in [2.75, 3.05) is 22.2 Å². The van der Waals surface area contributed by atoms with E-state index in [4.69, 9.17) is 10.8 Å². The van der Waals surface area contributed by atoms with Gasteiger partial charge in [0.25, 0.3) is 0 Å². The van der Waals surface area contributed by atoms with Gasteiger partial charge in [0.15, 0.2) is 5.82 Å². The standard InChI is InChI=1S/C15H23N7/c1-3-11-13(17)21(9-16)12-8-19-15(18-2)20-14(12)22(11)10-6-4-5-7-10/h8-11,16-17H,3-7H2,1-2H3,(H,18,19,20). The van der Waals surface area contributed by atoms with E-state index in [1.54, 1.807) is 18.1 Å². The highest BCUT2D eigenvalue weighted by Gasteiger charge is 2.39. The summed E-state index contributed by atoms with van der Waals surface area (Å²) in [6, 6.07) is 0.397. The van der Waals surface area contributed by atoms with Crippen molar-refractivity contribution in [2.24, 2.45) is 0 Å². The van der Waals surface area contributed by atoms with Gasteiger partial charge in [-0.3, -0.25) is 15.7 Å². The molecular weight excluding hydrogens is 278 g/mol. The number of rotatable bonds is 4. The number of fused-ring (bicyclic) bond motifs is 1. The third-order valence-corrected chi connectivity index (χ3v) is 4.62. The van der Waals surface area contributed by atoms with Crippen molar-refractivity contribution in [3.8, 4) is 0 Å². The molecular formula is C15H23N7. The second kappa shape index (κ2) is 5.90. The summed E-state index contributed by atoms with van der Waals surface area (Å²) in [4.78, 5) is 12.8. The summed E-state index contributed by atoms with van der Waals surface area (Å²) in [5.74, 6) is 1.87. The molecule has 3 rings (SSSR count). The van der Waals surface area contributed by atoms with Crippen LogP contribution in [0.1, 0.15) is 39.0 Å². The summed E-state index contributed by atoms with van der Waals surface area (Å²) in [6.45, 7) is 2.09. The molecule has 0 spiro atoms. The molecule has 1 aliphatic carbocycles. The fraction of sp³-hybridized carbons (Fsp3) is 0.600. The molecule has 7 heteroatoms. The zero-order chi connectivity index (χ0) is 15.7. The molecule has 0 aromatic carbocycles. The van der Waals surface area contributed by atoms with Gasteiger partial charge >= 0.3 is 0 Å². The minimum Gasteiger partial charge on any atom is -0.357 e. The van der Waals surface area contributed by atoms with E-state index in [0.717, 1.165) is 30.8 Å². The monoisotopic (exact) mass is 301 g/mol. The predicted molar refractivity (Wildman–Crippen MR) is 89.4 cm³/mol. The SMILES string of the molecule is CCC1C(=N)N(C=N)c2cnc(NC)nc2N1C1CCCC1. The summed E-state index contributed by atoms with van der Waals surface area (Å²) in [7, 11) is 1.80.